The number of amides is 1. The van der Waals surface area contributed by atoms with E-state index in [4.69, 9.17) is 5.11 Å². The van der Waals surface area contributed by atoms with Crippen LogP contribution in [0.15, 0.2) is 24.3 Å². The van der Waals surface area contributed by atoms with Crippen molar-refractivity contribution in [3.8, 4) is 0 Å². The van der Waals surface area contributed by atoms with Crippen molar-refractivity contribution in [1.29, 1.82) is 0 Å². The Kier molecular flexibility index (Phi) is 3.21. The fraction of sp³-hybridized carbons (Fsp3) is 0.214. The normalized spacial score (nSPS) is 14.3. The maximum atomic E-state index is 11.9. The molecule has 0 aromatic heterocycles. The summed E-state index contributed by atoms with van der Waals surface area (Å²) in [5, 5.41) is 8.54. The number of benzene rings is 1. The number of carbonyl (C=O) groups excluding carboxylic acids is 2. The first-order chi connectivity index (χ1) is 8.93. The summed E-state index contributed by atoms with van der Waals surface area (Å²) in [6, 6.07) is 3.44. The van der Waals surface area contributed by atoms with Crippen LogP contribution in [0.1, 0.15) is 21.5 Å². The second-order valence-electron chi connectivity index (χ2n) is 4.39. The predicted molar refractivity (Wildman–Crippen MR) is 69.4 cm³/mol. The van der Waals surface area contributed by atoms with Crippen molar-refractivity contribution in [1.82, 2.24) is 0 Å². The van der Waals surface area contributed by atoms with Gasteiger partial charge in [-0.15, -0.1) is 0 Å². The van der Waals surface area contributed by atoms with Gasteiger partial charge in [-0.2, -0.15) is 0 Å². The van der Waals surface area contributed by atoms with Gasteiger partial charge in [0.15, 0.2) is 0 Å². The minimum absolute atomic E-state index is 0.0775. The molecule has 0 aliphatic carbocycles. The molecule has 98 valence electrons. The Morgan fingerprint density at radius 2 is 2.00 bits per heavy atom. The molecule has 0 unspecified atom stereocenters. The molecule has 19 heavy (non-hydrogen) atoms. The van der Waals surface area contributed by atoms with E-state index in [2.05, 4.69) is 0 Å². The molecule has 0 saturated heterocycles. The van der Waals surface area contributed by atoms with Crippen LogP contribution in [0.4, 0.5) is 5.69 Å². The van der Waals surface area contributed by atoms with Crippen LogP contribution in [0.5, 0.6) is 0 Å². The summed E-state index contributed by atoms with van der Waals surface area (Å²) in [6.07, 6.45) is 2.31. The third-order valence-corrected chi connectivity index (χ3v) is 3.20. The molecule has 1 amide bonds. The number of carboxylic acids is 1. The van der Waals surface area contributed by atoms with Crippen LogP contribution < -0.4 is 4.90 Å². The van der Waals surface area contributed by atoms with Gasteiger partial charge in [0.05, 0.1) is 11.3 Å². The summed E-state index contributed by atoms with van der Waals surface area (Å²) >= 11 is 0. The number of anilines is 1. The standard InChI is InChI=1S/C14H13NO4/c1-8-5-6-10-12(9(8)2)15(14(19)13(10)18)7-3-4-11(16)17/h3-6H,7H2,1-2H3,(H,16,17). The van der Waals surface area contributed by atoms with Crippen LogP contribution in [0.25, 0.3) is 0 Å². The zero-order chi connectivity index (χ0) is 14.2. The van der Waals surface area contributed by atoms with Gasteiger partial charge >= 0.3 is 5.97 Å². The van der Waals surface area contributed by atoms with E-state index >= 15 is 0 Å². The van der Waals surface area contributed by atoms with Crippen LogP contribution in [-0.4, -0.2) is 29.3 Å². The fourth-order valence-corrected chi connectivity index (χ4v) is 2.10. The Labute approximate surface area is 110 Å². The second-order valence-corrected chi connectivity index (χ2v) is 4.39. The lowest BCUT2D eigenvalue weighted by Gasteiger charge is -2.17. The first-order valence-electron chi connectivity index (χ1n) is 5.79. The highest BCUT2D eigenvalue weighted by molar-refractivity contribution is 6.52. The molecule has 2 rings (SSSR count). The lowest BCUT2D eigenvalue weighted by molar-refractivity contribution is -0.131. The van der Waals surface area contributed by atoms with Crippen molar-refractivity contribution in [2.24, 2.45) is 0 Å². The molecule has 5 heteroatoms. The van der Waals surface area contributed by atoms with Crippen molar-refractivity contribution in [3.63, 3.8) is 0 Å². The first-order valence-corrected chi connectivity index (χ1v) is 5.79. The van der Waals surface area contributed by atoms with Crippen molar-refractivity contribution in [3.05, 3.63) is 41.0 Å². The summed E-state index contributed by atoms with van der Waals surface area (Å²) in [7, 11) is 0. The third-order valence-electron chi connectivity index (χ3n) is 3.20. The average Bonchev–Trinajstić information content (AvgIpc) is 2.59. The largest absolute Gasteiger partial charge is 0.478 e. The lowest BCUT2D eigenvalue weighted by Crippen LogP contribution is -2.30. The van der Waals surface area contributed by atoms with Gasteiger partial charge in [0.25, 0.3) is 11.7 Å². The molecular weight excluding hydrogens is 246 g/mol. The molecule has 1 heterocycles. The molecule has 1 aromatic rings. The SMILES string of the molecule is Cc1ccc2c(c1C)N(CC=CC(=O)O)C(=O)C2=O. The molecule has 0 fully saturated rings. The Hall–Kier alpha value is -2.43. The van der Waals surface area contributed by atoms with Gasteiger partial charge in [0.2, 0.25) is 0 Å². The summed E-state index contributed by atoms with van der Waals surface area (Å²) in [6.45, 7) is 3.82. The molecule has 5 nitrogen and oxygen atoms in total. The first kappa shape index (κ1) is 13.0. The molecule has 0 spiro atoms. The Bertz CT molecular complexity index is 616. The van der Waals surface area contributed by atoms with E-state index in [-0.39, 0.29) is 6.54 Å². The zero-order valence-electron chi connectivity index (χ0n) is 10.6. The molecule has 0 radical (unpaired) electrons. The van der Waals surface area contributed by atoms with Crippen molar-refractivity contribution >= 4 is 23.3 Å². The maximum Gasteiger partial charge on any atom is 0.328 e. The number of hydrogen-bond donors (Lipinski definition) is 1. The number of Topliss-reactive ketones (excluding diaryl/α,β-unsaturated/α-hetero) is 1. The smallest absolute Gasteiger partial charge is 0.328 e. The monoisotopic (exact) mass is 259 g/mol. The number of rotatable bonds is 3. The van der Waals surface area contributed by atoms with Crippen LogP contribution in [0.3, 0.4) is 0 Å². The van der Waals surface area contributed by atoms with Crippen molar-refractivity contribution in [2.45, 2.75) is 13.8 Å². The predicted octanol–water partition coefficient (Wildman–Crippen LogP) is 1.47. The number of fused-ring (bicyclic) bond motifs is 1. The maximum absolute atomic E-state index is 11.9. The Morgan fingerprint density at radius 1 is 1.32 bits per heavy atom. The summed E-state index contributed by atoms with van der Waals surface area (Å²) in [4.78, 5) is 35.5. The van der Waals surface area contributed by atoms with Gasteiger partial charge in [-0.1, -0.05) is 12.1 Å². The topological polar surface area (TPSA) is 74.7 Å². The second kappa shape index (κ2) is 4.68. The Balaban J connectivity index is 2.43. The van der Waals surface area contributed by atoms with Gasteiger partial charge < -0.3 is 10.0 Å². The summed E-state index contributed by atoms with van der Waals surface area (Å²) in [5.74, 6) is -2.24. The average molecular weight is 259 g/mol. The highest BCUT2D eigenvalue weighted by Gasteiger charge is 2.36. The minimum Gasteiger partial charge on any atom is -0.478 e. The number of hydrogen-bond acceptors (Lipinski definition) is 3. The number of aryl methyl sites for hydroxylation is 1. The van der Waals surface area contributed by atoms with Crippen LogP contribution >= 0.6 is 0 Å². The number of ketones is 1. The molecular formula is C14H13NO4. The molecule has 1 aliphatic heterocycles. The van der Waals surface area contributed by atoms with Crippen molar-refractivity contribution < 1.29 is 19.5 Å². The summed E-state index contributed by atoms with van der Waals surface area (Å²) in [5.41, 5.74) is 2.82. The summed E-state index contributed by atoms with van der Waals surface area (Å²) < 4.78 is 0. The van der Waals surface area contributed by atoms with E-state index in [1.54, 1.807) is 12.1 Å². The highest BCUT2D eigenvalue weighted by Crippen LogP contribution is 2.33. The van der Waals surface area contributed by atoms with Crippen LogP contribution in [0, 0.1) is 13.8 Å². The molecule has 1 aromatic carbocycles. The van der Waals surface area contributed by atoms with Gasteiger partial charge in [-0.25, -0.2) is 4.79 Å². The fourth-order valence-electron chi connectivity index (χ4n) is 2.10. The molecule has 0 atom stereocenters. The van der Waals surface area contributed by atoms with Crippen LogP contribution in [0.2, 0.25) is 0 Å². The Morgan fingerprint density at radius 3 is 2.63 bits per heavy atom. The quantitative estimate of drug-likeness (QED) is 0.659. The van der Waals surface area contributed by atoms with E-state index in [1.165, 1.54) is 11.0 Å². The van der Waals surface area contributed by atoms with Crippen LogP contribution in [-0.2, 0) is 9.59 Å². The van der Waals surface area contributed by atoms with E-state index in [0.29, 0.717) is 11.3 Å². The number of carbonyl (C=O) groups is 3. The molecule has 1 aliphatic rings. The minimum atomic E-state index is -1.08. The third kappa shape index (κ3) is 2.14. The number of aliphatic carboxylic acids is 1. The number of carboxylic acid groups (broad SMARTS) is 1. The van der Waals surface area contributed by atoms with Crippen molar-refractivity contribution in [2.75, 3.05) is 11.4 Å². The molecule has 0 bridgehead atoms. The van der Waals surface area contributed by atoms with Gasteiger partial charge in [-0.3, -0.25) is 9.59 Å². The van der Waals surface area contributed by atoms with E-state index in [9.17, 15) is 14.4 Å². The molecule has 1 N–H and O–H groups in total. The van der Waals surface area contributed by atoms with E-state index in [1.807, 2.05) is 13.8 Å². The number of nitrogens with zero attached hydrogens (tertiary/aromatic N) is 1. The lowest BCUT2D eigenvalue weighted by atomic mass is 10.0. The zero-order valence-corrected chi connectivity index (χ0v) is 10.6. The van der Waals surface area contributed by atoms with Gasteiger partial charge in [-0.05, 0) is 31.0 Å². The van der Waals surface area contributed by atoms with Gasteiger partial charge in [0, 0.05) is 12.6 Å². The molecule has 0 saturated carbocycles. The van der Waals surface area contributed by atoms with E-state index < -0.39 is 17.7 Å². The highest BCUT2D eigenvalue weighted by atomic mass is 16.4. The van der Waals surface area contributed by atoms with Gasteiger partial charge in [0.1, 0.15) is 0 Å². The van der Waals surface area contributed by atoms with E-state index in [0.717, 1.165) is 17.2 Å².